The van der Waals surface area contributed by atoms with Crippen LogP contribution in [0.4, 0.5) is 0 Å². The number of ether oxygens (including phenoxy) is 2. The van der Waals surface area contributed by atoms with Crippen molar-refractivity contribution in [3.05, 3.63) is 88.3 Å². The summed E-state index contributed by atoms with van der Waals surface area (Å²) in [5.41, 5.74) is 1.07. The lowest BCUT2D eigenvalue weighted by Crippen LogP contribution is -2.14. The first kappa shape index (κ1) is 38.4. The number of hydrogen-bond donors (Lipinski definition) is 0. The number of rotatable bonds is 13. The number of nitrogens with zero attached hydrogens (tertiary/aromatic N) is 3. The van der Waals surface area contributed by atoms with Crippen molar-refractivity contribution < 1.29 is 27.8 Å². The summed E-state index contributed by atoms with van der Waals surface area (Å²) in [5, 5.41) is 9.53. The third-order valence-electron chi connectivity index (χ3n) is 7.11. The SMILES string of the molecule is CC1(C)[C@H](C(=O)OC(C#N)c2cccc(Oc3ccccc3)c2)[C@@H]1C=C(Cl)Cl.CCOP(=S)(OCC)Oc1cc(C)nc(C(C)C)n1. The Bertz CT molecular complexity index is 1620. The average molecular weight is 721 g/mol. The Hall–Kier alpha value is -3.03. The van der Waals surface area contributed by atoms with Crippen LogP contribution in [0.5, 0.6) is 17.4 Å². The van der Waals surface area contributed by atoms with Crippen LogP contribution in [0.2, 0.25) is 0 Å². The molecule has 47 heavy (non-hydrogen) atoms. The number of para-hydroxylation sites is 1. The number of halogens is 2. The fourth-order valence-corrected chi connectivity index (χ4v) is 6.95. The molecule has 0 N–H and O–H groups in total. The minimum absolute atomic E-state index is 0.114. The van der Waals surface area contributed by atoms with Crippen LogP contribution >= 0.6 is 29.9 Å². The van der Waals surface area contributed by atoms with Gasteiger partial charge in [-0.2, -0.15) is 10.2 Å². The van der Waals surface area contributed by atoms with Crippen molar-refractivity contribution in [2.45, 2.75) is 60.5 Å². The molecule has 4 rings (SSSR count). The van der Waals surface area contributed by atoms with E-state index in [4.69, 9.17) is 58.1 Å². The number of allylic oxidation sites excluding steroid dienone is 1. The van der Waals surface area contributed by atoms with Gasteiger partial charge < -0.3 is 14.0 Å². The van der Waals surface area contributed by atoms with Crippen molar-refractivity contribution in [2.75, 3.05) is 13.2 Å². The van der Waals surface area contributed by atoms with E-state index in [0.29, 0.717) is 36.2 Å². The first-order valence-corrected chi connectivity index (χ1v) is 18.4. The first-order valence-electron chi connectivity index (χ1n) is 15.1. The lowest BCUT2D eigenvalue weighted by atomic mass is 10.1. The van der Waals surface area contributed by atoms with E-state index in [1.54, 1.807) is 36.4 Å². The summed E-state index contributed by atoms with van der Waals surface area (Å²) >= 11 is 16.8. The first-order chi connectivity index (χ1) is 22.2. The van der Waals surface area contributed by atoms with Gasteiger partial charge in [-0.25, -0.2) is 4.98 Å². The zero-order valence-electron chi connectivity index (χ0n) is 27.5. The summed E-state index contributed by atoms with van der Waals surface area (Å²) in [6.45, 7) is 11.7. The molecular weight excluding hydrogens is 680 g/mol. The maximum atomic E-state index is 12.6. The highest BCUT2D eigenvalue weighted by Crippen LogP contribution is 2.60. The summed E-state index contributed by atoms with van der Waals surface area (Å²) in [4.78, 5) is 21.3. The Morgan fingerprint density at radius 1 is 1.04 bits per heavy atom. The average Bonchev–Trinajstić information content (AvgIpc) is 3.54. The van der Waals surface area contributed by atoms with E-state index in [1.165, 1.54) is 0 Å². The number of esters is 1. The number of carbonyl (C=O) groups is 1. The van der Waals surface area contributed by atoms with E-state index in [9.17, 15) is 10.1 Å². The topological polar surface area (TPSA) is 113 Å². The standard InChI is InChI=1S/C22H19Cl2NO3.C12H21N2O3PS/c1-22(2)17(12-19(23)24)20(22)21(26)28-18(13-25)14-7-6-10-16(11-14)27-15-8-4-3-5-9-15;1-6-15-18(19,16-7-2)17-11-8-10(5)13-12(14-11)9(3)4/h3-12,17-18,20H,1-2H3;8-9H,6-7H2,1-5H3/t17-,18?,20-;/m0./s1. The summed E-state index contributed by atoms with van der Waals surface area (Å²) in [5.74, 6) is 1.66. The van der Waals surface area contributed by atoms with Crippen LogP contribution in [-0.4, -0.2) is 29.2 Å². The Balaban J connectivity index is 0.000000277. The normalized spacial score (nSPS) is 17.0. The fraction of sp³-hybridized carbons (Fsp3) is 0.412. The summed E-state index contributed by atoms with van der Waals surface area (Å²) in [6, 6.07) is 20.0. The highest BCUT2D eigenvalue weighted by atomic mass is 35.5. The van der Waals surface area contributed by atoms with E-state index < -0.39 is 18.8 Å². The molecule has 3 aromatic rings. The van der Waals surface area contributed by atoms with Crippen LogP contribution in [-0.2, 0) is 30.4 Å². The predicted molar refractivity (Wildman–Crippen MR) is 187 cm³/mol. The van der Waals surface area contributed by atoms with Gasteiger partial charge in [-0.3, -0.25) is 13.8 Å². The molecule has 0 radical (unpaired) electrons. The third-order valence-corrected chi connectivity index (χ3v) is 9.77. The van der Waals surface area contributed by atoms with Gasteiger partial charge in [0.15, 0.2) is 0 Å². The third kappa shape index (κ3) is 11.3. The maximum absolute atomic E-state index is 12.6. The minimum atomic E-state index is -2.77. The molecular formula is C34H40Cl2N3O6PS. The number of carbonyl (C=O) groups excluding carboxylic acids is 1. The van der Waals surface area contributed by atoms with Crippen molar-refractivity contribution >= 4 is 47.7 Å². The van der Waals surface area contributed by atoms with Gasteiger partial charge in [0, 0.05) is 35.0 Å². The van der Waals surface area contributed by atoms with E-state index in [-0.39, 0.29) is 27.7 Å². The lowest BCUT2D eigenvalue weighted by molar-refractivity contribution is -0.149. The summed E-state index contributed by atoms with van der Waals surface area (Å²) in [7, 11) is 0. The Kier molecular flexibility index (Phi) is 14.2. The smallest absolute Gasteiger partial charge is 0.381 e. The van der Waals surface area contributed by atoms with Gasteiger partial charge in [-0.15, -0.1) is 0 Å². The maximum Gasteiger partial charge on any atom is 0.381 e. The van der Waals surface area contributed by atoms with Gasteiger partial charge in [-0.05, 0) is 62.4 Å². The van der Waals surface area contributed by atoms with Crippen molar-refractivity contribution in [3.63, 3.8) is 0 Å². The Morgan fingerprint density at radius 3 is 2.26 bits per heavy atom. The summed E-state index contributed by atoms with van der Waals surface area (Å²) in [6.07, 6.45) is 0.615. The zero-order chi connectivity index (χ0) is 34.8. The fourth-order valence-electron chi connectivity index (χ4n) is 4.69. The number of nitriles is 1. The number of hydrogen-bond acceptors (Lipinski definition) is 10. The van der Waals surface area contributed by atoms with Crippen LogP contribution in [0.25, 0.3) is 0 Å². The molecule has 1 aliphatic carbocycles. The van der Waals surface area contributed by atoms with E-state index in [2.05, 4.69) is 9.97 Å². The minimum Gasteiger partial charge on any atom is -0.457 e. The van der Waals surface area contributed by atoms with Crippen molar-refractivity contribution in [3.8, 4) is 23.4 Å². The molecule has 0 bridgehead atoms. The number of aromatic nitrogens is 2. The molecule has 1 aliphatic rings. The van der Waals surface area contributed by atoms with Crippen molar-refractivity contribution in [1.82, 2.24) is 9.97 Å². The van der Waals surface area contributed by atoms with E-state index >= 15 is 0 Å². The lowest BCUT2D eigenvalue weighted by Gasteiger charge is -2.20. The second kappa shape index (κ2) is 17.4. The largest absolute Gasteiger partial charge is 0.457 e. The van der Waals surface area contributed by atoms with Gasteiger partial charge in [0.2, 0.25) is 12.0 Å². The second-order valence-electron chi connectivity index (χ2n) is 11.4. The van der Waals surface area contributed by atoms with Crippen LogP contribution in [0.3, 0.4) is 0 Å². The van der Waals surface area contributed by atoms with Gasteiger partial charge in [-0.1, -0.05) is 81.2 Å². The monoisotopic (exact) mass is 719 g/mol. The second-order valence-corrected chi connectivity index (χ2v) is 15.4. The quantitative estimate of drug-likeness (QED) is 0.125. The molecule has 9 nitrogen and oxygen atoms in total. The molecule has 0 aliphatic heterocycles. The molecule has 0 amide bonds. The van der Waals surface area contributed by atoms with Gasteiger partial charge in [0.25, 0.3) is 0 Å². The van der Waals surface area contributed by atoms with Crippen LogP contribution in [0.1, 0.15) is 70.6 Å². The molecule has 13 heteroatoms. The highest BCUT2D eigenvalue weighted by molar-refractivity contribution is 8.07. The van der Waals surface area contributed by atoms with Gasteiger partial charge in [0.1, 0.15) is 27.9 Å². The number of benzene rings is 2. The molecule has 0 spiro atoms. The van der Waals surface area contributed by atoms with Crippen LogP contribution in [0, 0.1) is 35.5 Å². The van der Waals surface area contributed by atoms with Crippen molar-refractivity contribution in [1.29, 1.82) is 5.26 Å². The van der Waals surface area contributed by atoms with E-state index in [1.807, 2.05) is 84.9 Å². The van der Waals surface area contributed by atoms with Gasteiger partial charge >= 0.3 is 12.7 Å². The molecule has 1 saturated carbocycles. The molecule has 1 aromatic heterocycles. The zero-order valence-corrected chi connectivity index (χ0v) is 30.7. The molecule has 3 atom stereocenters. The van der Waals surface area contributed by atoms with Crippen molar-refractivity contribution in [2.24, 2.45) is 17.3 Å². The molecule has 1 fully saturated rings. The molecule has 2 aromatic carbocycles. The van der Waals surface area contributed by atoms with Gasteiger partial charge in [0.05, 0.1) is 19.1 Å². The molecule has 252 valence electrons. The molecule has 1 heterocycles. The molecule has 0 saturated heterocycles. The highest BCUT2D eigenvalue weighted by Gasteiger charge is 2.62. The summed E-state index contributed by atoms with van der Waals surface area (Å²) < 4.78 is 28.0. The molecule has 1 unspecified atom stereocenters. The Labute approximate surface area is 292 Å². The Morgan fingerprint density at radius 2 is 1.68 bits per heavy atom. The van der Waals surface area contributed by atoms with Crippen LogP contribution < -0.4 is 9.26 Å². The van der Waals surface area contributed by atoms with E-state index in [0.717, 1.165) is 11.5 Å². The van der Waals surface area contributed by atoms with Crippen LogP contribution in [0.15, 0.2) is 71.2 Å². The number of aryl methyl sites for hydroxylation is 1. The predicted octanol–water partition coefficient (Wildman–Crippen LogP) is 9.76.